The molecular formula is C15H22N2O. The molecule has 1 rings (SSSR count). The van der Waals surface area contributed by atoms with Crippen molar-refractivity contribution in [1.29, 1.82) is 5.26 Å². The standard InChI is InChI=1S/C15H22N2O/c1-4-9-17-12(2)10-14-5-7-15(8-6-14)18-13(3)11-16/h5-8,12-13,17H,4,9-10H2,1-3H3. The first-order valence-corrected chi connectivity index (χ1v) is 6.54. The number of nitriles is 1. The summed E-state index contributed by atoms with van der Waals surface area (Å²) in [5.74, 6) is 0.752. The van der Waals surface area contributed by atoms with Gasteiger partial charge < -0.3 is 10.1 Å². The van der Waals surface area contributed by atoms with Crippen LogP contribution in [0.15, 0.2) is 24.3 Å². The number of nitrogens with one attached hydrogen (secondary N) is 1. The highest BCUT2D eigenvalue weighted by Crippen LogP contribution is 2.14. The maximum Gasteiger partial charge on any atom is 0.181 e. The summed E-state index contributed by atoms with van der Waals surface area (Å²) >= 11 is 0. The van der Waals surface area contributed by atoms with Gasteiger partial charge in [-0.15, -0.1) is 0 Å². The van der Waals surface area contributed by atoms with Crippen LogP contribution in [0.5, 0.6) is 5.75 Å². The minimum absolute atomic E-state index is 0.402. The molecule has 0 aliphatic rings. The molecule has 0 fully saturated rings. The molecule has 98 valence electrons. The predicted molar refractivity (Wildman–Crippen MR) is 73.6 cm³/mol. The van der Waals surface area contributed by atoms with Gasteiger partial charge in [-0.1, -0.05) is 19.1 Å². The van der Waals surface area contributed by atoms with E-state index in [1.54, 1.807) is 6.92 Å². The van der Waals surface area contributed by atoms with Gasteiger partial charge in [-0.05, 0) is 50.9 Å². The van der Waals surface area contributed by atoms with E-state index in [1.807, 2.05) is 12.1 Å². The third-order valence-electron chi connectivity index (χ3n) is 2.70. The SMILES string of the molecule is CCCNC(C)Cc1ccc(OC(C)C#N)cc1. The molecule has 0 aliphatic heterocycles. The Labute approximate surface area is 110 Å². The number of nitrogens with zero attached hydrogens (tertiary/aromatic N) is 1. The highest BCUT2D eigenvalue weighted by atomic mass is 16.5. The highest BCUT2D eigenvalue weighted by Gasteiger charge is 2.04. The summed E-state index contributed by atoms with van der Waals surface area (Å²) in [5.41, 5.74) is 1.28. The lowest BCUT2D eigenvalue weighted by Gasteiger charge is -2.13. The molecule has 0 aromatic heterocycles. The summed E-state index contributed by atoms with van der Waals surface area (Å²) in [6.07, 6.45) is 1.76. The van der Waals surface area contributed by atoms with Gasteiger partial charge in [-0.2, -0.15) is 5.26 Å². The summed E-state index contributed by atoms with van der Waals surface area (Å²) in [6.45, 7) is 7.16. The van der Waals surface area contributed by atoms with Gasteiger partial charge in [0.25, 0.3) is 0 Å². The zero-order valence-corrected chi connectivity index (χ0v) is 11.4. The van der Waals surface area contributed by atoms with Crippen LogP contribution < -0.4 is 10.1 Å². The molecule has 0 saturated heterocycles. The Morgan fingerprint density at radius 2 is 1.94 bits per heavy atom. The van der Waals surface area contributed by atoms with Crippen LogP contribution >= 0.6 is 0 Å². The van der Waals surface area contributed by atoms with E-state index >= 15 is 0 Å². The maximum absolute atomic E-state index is 8.67. The Balaban J connectivity index is 2.47. The van der Waals surface area contributed by atoms with Crippen molar-refractivity contribution in [3.63, 3.8) is 0 Å². The van der Waals surface area contributed by atoms with E-state index in [-0.39, 0.29) is 0 Å². The Morgan fingerprint density at radius 3 is 2.50 bits per heavy atom. The van der Waals surface area contributed by atoms with E-state index in [0.29, 0.717) is 6.04 Å². The van der Waals surface area contributed by atoms with Crippen molar-refractivity contribution in [2.24, 2.45) is 0 Å². The smallest absolute Gasteiger partial charge is 0.181 e. The second kappa shape index (κ2) is 7.73. The second-order valence-corrected chi connectivity index (χ2v) is 4.59. The van der Waals surface area contributed by atoms with Gasteiger partial charge >= 0.3 is 0 Å². The van der Waals surface area contributed by atoms with Crippen LogP contribution in [-0.2, 0) is 6.42 Å². The normalized spacial score (nSPS) is 13.7. The summed E-state index contributed by atoms with van der Waals surface area (Å²) < 4.78 is 5.41. The van der Waals surface area contributed by atoms with E-state index in [9.17, 15) is 0 Å². The first-order valence-electron chi connectivity index (χ1n) is 6.54. The van der Waals surface area contributed by atoms with E-state index in [2.05, 4.69) is 37.4 Å². The quantitative estimate of drug-likeness (QED) is 0.804. The van der Waals surface area contributed by atoms with E-state index in [0.717, 1.165) is 25.1 Å². The van der Waals surface area contributed by atoms with Gasteiger partial charge in [0.1, 0.15) is 11.8 Å². The van der Waals surface area contributed by atoms with Gasteiger partial charge in [0, 0.05) is 6.04 Å². The first-order chi connectivity index (χ1) is 8.65. The second-order valence-electron chi connectivity index (χ2n) is 4.59. The predicted octanol–water partition coefficient (Wildman–Crippen LogP) is 2.91. The fraction of sp³-hybridized carbons (Fsp3) is 0.533. The van der Waals surface area contributed by atoms with Crippen LogP contribution in [0.4, 0.5) is 0 Å². The van der Waals surface area contributed by atoms with Crippen molar-refractivity contribution in [2.75, 3.05) is 6.54 Å². The third kappa shape index (κ3) is 5.20. The van der Waals surface area contributed by atoms with Crippen LogP contribution in [0.25, 0.3) is 0 Å². The number of rotatable bonds is 7. The number of benzene rings is 1. The molecule has 18 heavy (non-hydrogen) atoms. The van der Waals surface area contributed by atoms with Crippen molar-refractivity contribution < 1.29 is 4.74 Å². The van der Waals surface area contributed by atoms with Crippen molar-refractivity contribution in [1.82, 2.24) is 5.32 Å². The number of hydrogen-bond acceptors (Lipinski definition) is 3. The molecule has 0 saturated carbocycles. The minimum Gasteiger partial charge on any atom is -0.476 e. The average Bonchev–Trinajstić information content (AvgIpc) is 2.38. The molecule has 0 heterocycles. The molecular weight excluding hydrogens is 224 g/mol. The fourth-order valence-electron chi connectivity index (χ4n) is 1.75. The van der Waals surface area contributed by atoms with Crippen molar-refractivity contribution in [3.8, 4) is 11.8 Å². The summed E-state index contributed by atoms with van der Waals surface area (Å²) in [5, 5.41) is 12.1. The Kier molecular flexibility index (Phi) is 6.24. The van der Waals surface area contributed by atoms with E-state index in [4.69, 9.17) is 10.00 Å². The lowest BCUT2D eigenvalue weighted by Crippen LogP contribution is -2.28. The number of hydrogen-bond donors (Lipinski definition) is 1. The molecule has 2 atom stereocenters. The van der Waals surface area contributed by atoms with Gasteiger partial charge in [0.2, 0.25) is 0 Å². The zero-order valence-electron chi connectivity index (χ0n) is 11.4. The molecule has 0 amide bonds. The van der Waals surface area contributed by atoms with Gasteiger partial charge in [-0.3, -0.25) is 0 Å². The number of ether oxygens (including phenoxy) is 1. The van der Waals surface area contributed by atoms with Crippen LogP contribution in [-0.4, -0.2) is 18.7 Å². The molecule has 1 aromatic carbocycles. The van der Waals surface area contributed by atoms with E-state index in [1.165, 1.54) is 5.56 Å². The van der Waals surface area contributed by atoms with Crippen LogP contribution in [0.2, 0.25) is 0 Å². The molecule has 1 aromatic rings. The van der Waals surface area contributed by atoms with Crippen LogP contribution in [0, 0.1) is 11.3 Å². The molecule has 3 heteroatoms. The molecule has 1 N–H and O–H groups in total. The minimum atomic E-state index is -0.402. The Morgan fingerprint density at radius 1 is 1.28 bits per heavy atom. The molecule has 2 unspecified atom stereocenters. The lowest BCUT2D eigenvalue weighted by molar-refractivity contribution is 0.276. The molecule has 3 nitrogen and oxygen atoms in total. The van der Waals surface area contributed by atoms with Crippen molar-refractivity contribution >= 4 is 0 Å². The van der Waals surface area contributed by atoms with Crippen molar-refractivity contribution in [2.45, 2.75) is 45.8 Å². The largest absolute Gasteiger partial charge is 0.476 e. The maximum atomic E-state index is 8.67. The third-order valence-corrected chi connectivity index (χ3v) is 2.70. The molecule has 0 radical (unpaired) electrons. The Hall–Kier alpha value is -1.53. The monoisotopic (exact) mass is 246 g/mol. The average molecular weight is 246 g/mol. The topological polar surface area (TPSA) is 45.0 Å². The van der Waals surface area contributed by atoms with Gasteiger partial charge in [0.05, 0.1) is 0 Å². The zero-order chi connectivity index (χ0) is 13.4. The molecule has 0 aliphatic carbocycles. The Bertz CT molecular complexity index is 380. The molecule has 0 bridgehead atoms. The molecule has 0 spiro atoms. The van der Waals surface area contributed by atoms with E-state index < -0.39 is 6.10 Å². The first kappa shape index (κ1) is 14.5. The van der Waals surface area contributed by atoms with Crippen LogP contribution in [0.1, 0.15) is 32.8 Å². The summed E-state index contributed by atoms with van der Waals surface area (Å²) in [7, 11) is 0. The summed E-state index contributed by atoms with van der Waals surface area (Å²) in [4.78, 5) is 0. The van der Waals surface area contributed by atoms with Gasteiger partial charge in [0.15, 0.2) is 6.10 Å². The highest BCUT2D eigenvalue weighted by molar-refractivity contribution is 5.28. The summed E-state index contributed by atoms with van der Waals surface area (Å²) in [6, 6.07) is 10.5. The fourth-order valence-corrected chi connectivity index (χ4v) is 1.75. The van der Waals surface area contributed by atoms with Gasteiger partial charge in [-0.25, -0.2) is 0 Å². The van der Waals surface area contributed by atoms with Crippen molar-refractivity contribution in [3.05, 3.63) is 29.8 Å². The lowest BCUT2D eigenvalue weighted by atomic mass is 10.1. The van der Waals surface area contributed by atoms with Crippen LogP contribution in [0.3, 0.4) is 0 Å².